The number of aromatic nitrogens is 1. The SMILES string of the molecule is Cc1ccc(C(F)(F)F)n1C(C)(C)C. The molecule has 1 nitrogen and oxygen atoms in total. The van der Waals surface area contributed by atoms with Crippen LogP contribution in [0.15, 0.2) is 12.1 Å². The Labute approximate surface area is 81.5 Å². The molecule has 0 saturated carbocycles. The topological polar surface area (TPSA) is 4.93 Å². The fraction of sp³-hybridized carbons (Fsp3) is 0.600. The second kappa shape index (κ2) is 3.04. The van der Waals surface area contributed by atoms with Crippen LogP contribution in [0.3, 0.4) is 0 Å². The Hall–Kier alpha value is -0.930. The van der Waals surface area contributed by atoms with Crippen molar-refractivity contribution >= 4 is 0 Å². The largest absolute Gasteiger partial charge is 0.431 e. The van der Waals surface area contributed by atoms with Crippen molar-refractivity contribution < 1.29 is 13.2 Å². The standard InChI is InChI=1S/C10H14F3N/c1-7-5-6-8(10(11,12)13)14(7)9(2,3)4/h5-6H,1-4H3. The van der Waals surface area contributed by atoms with Crippen LogP contribution < -0.4 is 0 Å². The van der Waals surface area contributed by atoms with Crippen molar-refractivity contribution in [2.24, 2.45) is 0 Å². The van der Waals surface area contributed by atoms with E-state index in [1.54, 1.807) is 27.7 Å². The van der Waals surface area contributed by atoms with Crippen molar-refractivity contribution in [3.8, 4) is 0 Å². The van der Waals surface area contributed by atoms with Gasteiger partial charge in [-0.1, -0.05) is 0 Å². The molecule has 80 valence electrons. The van der Waals surface area contributed by atoms with Crippen molar-refractivity contribution in [3.63, 3.8) is 0 Å². The molecule has 0 N–H and O–H groups in total. The Morgan fingerprint density at radius 2 is 1.57 bits per heavy atom. The molecule has 0 aliphatic carbocycles. The molecule has 1 rings (SSSR count). The molecule has 0 spiro atoms. The van der Waals surface area contributed by atoms with Gasteiger partial charge >= 0.3 is 6.18 Å². The first-order chi connectivity index (χ1) is 6.14. The number of aryl methyl sites for hydroxylation is 1. The summed E-state index contributed by atoms with van der Waals surface area (Å²) >= 11 is 0. The summed E-state index contributed by atoms with van der Waals surface area (Å²) in [5.74, 6) is 0. The highest BCUT2D eigenvalue weighted by molar-refractivity contribution is 5.20. The van der Waals surface area contributed by atoms with Gasteiger partial charge in [0.05, 0.1) is 0 Å². The van der Waals surface area contributed by atoms with Gasteiger partial charge in [-0.2, -0.15) is 13.2 Å². The minimum absolute atomic E-state index is 0.543. The quantitative estimate of drug-likeness (QED) is 0.610. The molecule has 1 aromatic rings. The van der Waals surface area contributed by atoms with Crippen LogP contribution in [0.25, 0.3) is 0 Å². The molecule has 0 aromatic carbocycles. The highest BCUT2D eigenvalue weighted by Crippen LogP contribution is 2.34. The van der Waals surface area contributed by atoms with Crippen molar-refractivity contribution in [3.05, 3.63) is 23.5 Å². The predicted molar refractivity (Wildman–Crippen MR) is 49.2 cm³/mol. The summed E-state index contributed by atoms with van der Waals surface area (Å²) in [5, 5.41) is 0. The van der Waals surface area contributed by atoms with E-state index in [9.17, 15) is 13.2 Å². The smallest absolute Gasteiger partial charge is 0.336 e. The number of halogens is 3. The molecule has 0 aliphatic heterocycles. The first-order valence-electron chi connectivity index (χ1n) is 4.40. The third-order valence-corrected chi connectivity index (χ3v) is 2.04. The molecule has 1 heterocycles. The van der Waals surface area contributed by atoms with Crippen LogP contribution in [-0.2, 0) is 11.7 Å². The Balaban J connectivity index is 3.35. The van der Waals surface area contributed by atoms with Crippen LogP contribution >= 0.6 is 0 Å². The molecule has 4 heteroatoms. The first-order valence-corrected chi connectivity index (χ1v) is 4.40. The Kier molecular flexibility index (Phi) is 2.42. The summed E-state index contributed by atoms with van der Waals surface area (Å²) in [6, 6.07) is 2.62. The van der Waals surface area contributed by atoms with E-state index in [1.165, 1.54) is 10.6 Å². The van der Waals surface area contributed by atoms with E-state index in [2.05, 4.69) is 0 Å². The van der Waals surface area contributed by atoms with Crippen LogP contribution in [-0.4, -0.2) is 4.57 Å². The summed E-state index contributed by atoms with van der Waals surface area (Å²) in [6.07, 6.45) is -4.28. The molecule has 14 heavy (non-hydrogen) atoms. The van der Waals surface area contributed by atoms with Crippen molar-refractivity contribution in [1.82, 2.24) is 4.57 Å². The number of alkyl halides is 3. The molecule has 0 amide bonds. The molecular weight excluding hydrogens is 191 g/mol. The van der Waals surface area contributed by atoms with Crippen LogP contribution in [0.5, 0.6) is 0 Å². The van der Waals surface area contributed by atoms with Gasteiger partial charge < -0.3 is 4.57 Å². The fourth-order valence-corrected chi connectivity index (χ4v) is 1.65. The van der Waals surface area contributed by atoms with E-state index in [0.717, 1.165) is 6.07 Å². The average molecular weight is 205 g/mol. The highest BCUT2D eigenvalue weighted by Gasteiger charge is 2.37. The van der Waals surface area contributed by atoms with E-state index in [4.69, 9.17) is 0 Å². The third-order valence-electron chi connectivity index (χ3n) is 2.04. The minimum Gasteiger partial charge on any atom is -0.336 e. The van der Waals surface area contributed by atoms with E-state index in [0.29, 0.717) is 5.69 Å². The molecule has 0 aliphatic rings. The van der Waals surface area contributed by atoms with E-state index in [1.807, 2.05) is 0 Å². The zero-order valence-electron chi connectivity index (χ0n) is 8.74. The lowest BCUT2D eigenvalue weighted by Crippen LogP contribution is -2.28. The maximum atomic E-state index is 12.6. The van der Waals surface area contributed by atoms with Gasteiger partial charge in [0.1, 0.15) is 5.69 Å². The first kappa shape index (κ1) is 11.1. The lowest BCUT2D eigenvalue weighted by molar-refractivity contribution is -0.145. The van der Waals surface area contributed by atoms with Crippen LogP contribution in [0.1, 0.15) is 32.2 Å². The van der Waals surface area contributed by atoms with Gasteiger partial charge in [-0.05, 0) is 39.8 Å². The molecule has 0 saturated heterocycles. The highest BCUT2D eigenvalue weighted by atomic mass is 19.4. The molecule has 0 atom stereocenters. The van der Waals surface area contributed by atoms with Gasteiger partial charge in [0.25, 0.3) is 0 Å². The maximum Gasteiger partial charge on any atom is 0.431 e. The summed E-state index contributed by atoms with van der Waals surface area (Å²) in [4.78, 5) is 0. The second-order valence-corrected chi connectivity index (χ2v) is 4.36. The summed E-state index contributed by atoms with van der Waals surface area (Å²) in [6.45, 7) is 6.96. The number of hydrogen-bond acceptors (Lipinski definition) is 0. The summed E-state index contributed by atoms with van der Waals surface area (Å²) in [7, 11) is 0. The predicted octanol–water partition coefficient (Wildman–Crippen LogP) is 3.57. The number of nitrogens with zero attached hydrogens (tertiary/aromatic N) is 1. The monoisotopic (exact) mass is 205 g/mol. The normalized spacial score (nSPS) is 13.4. The Morgan fingerprint density at radius 3 is 1.86 bits per heavy atom. The molecular formula is C10H14F3N. The van der Waals surface area contributed by atoms with Crippen molar-refractivity contribution in [2.45, 2.75) is 39.4 Å². The summed E-state index contributed by atoms with van der Waals surface area (Å²) in [5.41, 5.74) is -0.495. The van der Waals surface area contributed by atoms with Crippen LogP contribution in [0, 0.1) is 6.92 Å². The Morgan fingerprint density at radius 1 is 1.07 bits per heavy atom. The lowest BCUT2D eigenvalue weighted by Gasteiger charge is -2.27. The number of hydrogen-bond donors (Lipinski definition) is 0. The maximum absolute atomic E-state index is 12.6. The zero-order chi connectivity index (χ0) is 11.1. The molecule has 1 aromatic heterocycles. The van der Waals surface area contributed by atoms with Gasteiger partial charge in [-0.3, -0.25) is 0 Å². The Bertz CT molecular complexity index is 328. The number of rotatable bonds is 0. The lowest BCUT2D eigenvalue weighted by atomic mass is 10.1. The third kappa shape index (κ3) is 1.94. The van der Waals surface area contributed by atoms with Crippen LogP contribution in [0.4, 0.5) is 13.2 Å². The van der Waals surface area contributed by atoms with E-state index >= 15 is 0 Å². The molecule has 0 unspecified atom stereocenters. The molecule has 0 bridgehead atoms. The van der Waals surface area contributed by atoms with Crippen molar-refractivity contribution in [1.29, 1.82) is 0 Å². The van der Waals surface area contributed by atoms with Gasteiger partial charge in [-0.15, -0.1) is 0 Å². The van der Waals surface area contributed by atoms with E-state index < -0.39 is 17.4 Å². The van der Waals surface area contributed by atoms with Gasteiger partial charge in [-0.25, -0.2) is 0 Å². The second-order valence-electron chi connectivity index (χ2n) is 4.36. The van der Waals surface area contributed by atoms with E-state index in [-0.39, 0.29) is 0 Å². The molecule has 0 radical (unpaired) electrons. The summed E-state index contributed by atoms with van der Waals surface area (Å²) < 4.78 is 39.0. The minimum atomic E-state index is -4.28. The van der Waals surface area contributed by atoms with Gasteiger partial charge in [0.15, 0.2) is 0 Å². The zero-order valence-corrected chi connectivity index (χ0v) is 8.74. The van der Waals surface area contributed by atoms with Gasteiger partial charge in [0, 0.05) is 11.2 Å². The molecule has 0 fully saturated rings. The fourth-order valence-electron chi connectivity index (χ4n) is 1.65. The van der Waals surface area contributed by atoms with Gasteiger partial charge in [0.2, 0.25) is 0 Å². The average Bonchev–Trinajstić information content (AvgIpc) is 2.27. The van der Waals surface area contributed by atoms with Crippen molar-refractivity contribution in [2.75, 3.05) is 0 Å². The van der Waals surface area contributed by atoms with Crippen LogP contribution in [0.2, 0.25) is 0 Å².